The number of carbonyl (C=O) groups excluding carboxylic acids is 2. The highest BCUT2D eigenvalue weighted by molar-refractivity contribution is 5.94. The summed E-state index contributed by atoms with van der Waals surface area (Å²) in [5.74, 6) is 0.976. The average molecular weight is 354 g/mol. The number of nitrogens with zero attached hydrogens (tertiary/aromatic N) is 2. The Hall–Kier alpha value is -1.79. The zero-order valence-electron chi connectivity index (χ0n) is 13.6. The molecule has 0 unspecified atom stereocenters. The van der Waals surface area contributed by atoms with Gasteiger partial charge in [0.25, 0.3) is 5.91 Å². The van der Waals surface area contributed by atoms with Crippen molar-refractivity contribution < 1.29 is 14.7 Å². The quantitative estimate of drug-likeness (QED) is 0.831. The number of carbonyl (C=O) groups is 2. The van der Waals surface area contributed by atoms with Crippen LogP contribution in [-0.2, 0) is 4.79 Å². The van der Waals surface area contributed by atoms with Gasteiger partial charge >= 0.3 is 0 Å². The smallest absolute Gasteiger partial charge is 0.253 e. The lowest BCUT2D eigenvalue weighted by atomic mass is 10.1. The van der Waals surface area contributed by atoms with E-state index in [0.717, 1.165) is 12.5 Å². The van der Waals surface area contributed by atoms with Gasteiger partial charge in [-0.25, -0.2) is 0 Å². The highest BCUT2D eigenvalue weighted by atomic mass is 35.5. The van der Waals surface area contributed by atoms with Crippen molar-refractivity contribution in [3.63, 3.8) is 0 Å². The van der Waals surface area contributed by atoms with Crippen molar-refractivity contribution in [2.45, 2.75) is 12.8 Å². The van der Waals surface area contributed by atoms with E-state index in [-0.39, 0.29) is 30.0 Å². The maximum Gasteiger partial charge on any atom is 0.253 e. The van der Waals surface area contributed by atoms with Crippen LogP contribution in [0.4, 0.5) is 0 Å². The molecular formula is C17H24ClN3O3. The summed E-state index contributed by atoms with van der Waals surface area (Å²) in [5, 5.41) is 12.5. The van der Waals surface area contributed by atoms with Crippen LogP contribution in [0.1, 0.15) is 23.2 Å². The van der Waals surface area contributed by atoms with Gasteiger partial charge in [-0.05, 0) is 49.6 Å². The number of phenolic OH excluding ortho intramolecular Hbond substituents is 1. The van der Waals surface area contributed by atoms with Gasteiger partial charge in [0.1, 0.15) is 5.75 Å². The third-order valence-electron chi connectivity index (χ3n) is 4.44. The second-order valence-electron chi connectivity index (χ2n) is 6.29. The van der Waals surface area contributed by atoms with E-state index in [1.807, 2.05) is 4.90 Å². The Balaban J connectivity index is 0.00000208. The first kappa shape index (κ1) is 18.5. The lowest BCUT2D eigenvalue weighted by Gasteiger charge is -2.35. The molecule has 132 valence electrons. The van der Waals surface area contributed by atoms with Crippen LogP contribution >= 0.6 is 12.4 Å². The summed E-state index contributed by atoms with van der Waals surface area (Å²) in [6.45, 7) is 3.58. The lowest BCUT2D eigenvalue weighted by molar-refractivity contribution is -0.131. The summed E-state index contributed by atoms with van der Waals surface area (Å²) in [6.07, 6.45) is 2.55. The van der Waals surface area contributed by atoms with Crippen molar-refractivity contribution >= 4 is 24.2 Å². The molecule has 0 aromatic heterocycles. The van der Waals surface area contributed by atoms with Crippen molar-refractivity contribution in [3.05, 3.63) is 29.8 Å². The number of rotatable bonds is 5. The summed E-state index contributed by atoms with van der Waals surface area (Å²) in [5.41, 5.74) is 0.564. The molecule has 2 amide bonds. The molecule has 1 saturated carbocycles. The fourth-order valence-electron chi connectivity index (χ4n) is 2.76. The molecule has 1 aliphatic carbocycles. The number of benzene rings is 1. The van der Waals surface area contributed by atoms with Crippen LogP contribution in [0.3, 0.4) is 0 Å². The van der Waals surface area contributed by atoms with E-state index >= 15 is 0 Å². The molecule has 1 heterocycles. The van der Waals surface area contributed by atoms with E-state index in [1.54, 1.807) is 17.0 Å². The molecule has 1 aromatic carbocycles. The van der Waals surface area contributed by atoms with Crippen LogP contribution < -0.4 is 5.32 Å². The maximum absolute atomic E-state index is 12.4. The number of nitrogens with one attached hydrogen (secondary N) is 1. The third kappa shape index (κ3) is 4.85. The number of hydrogen-bond acceptors (Lipinski definition) is 4. The van der Waals surface area contributed by atoms with Crippen LogP contribution in [0.5, 0.6) is 5.75 Å². The van der Waals surface area contributed by atoms with Crippen molar-refractivity contribution in [1.82, 2.24) is 15.1 Å². The van der Waals surface area contributed by atoms with E-state index in [1.165, 1.54) is 25.0 Å². The van der Waals surface area contributed by atoms with E-state index < -0.39 is 0 Å². The summed E-state index contributed by atoms with van der Waals surface area (Å²) in [4.78, 5) is 28.1. The van der Waals surface area contributed by atoms with Gasteiger partial charge in [-0.3, -0.25) is 9.59 Å². The largest absolute Gasteiger partial charge is 0.508 e. The van der Waals surface area contributed by atoms with Crippen molar-refractivity contribution in [1.29, 1.82) is 0 Å². The van der Waals surface area contributed by atoms with Gasteiger partial charge < -0.3 is 20.2 Å². The zero-order chi connectivity index (χ0) is 16.2. The molecule has 0 spiro atoms. The van der Waals surface area contributed by atoms with Crippen molar-refractivity contribution in [3.8, 4) is 5.75 Å². The topological polar surface area (TPSA) is 72.9 Å². The Labute approximate surface area is 148 Å². The highest BCUT2D eigenvalue weighted by Crippen LogP contribution is 2.27. The molecule has 2 fully saturated rings. The van der Waals surface area contributed by atoms with Crippen LogP contribution in [0.2, 0.25) is 0 Å². The first-order chi connectivity index (χ1) is 11.1. The number of amides is 2. The Morgan fingerprint density at radius 2 is 1.62 bits per heavy atom. The van der Waals surface area contributed by atoms with Gasteiger partial charge in [-0.15, -0.1) is 12.4 Å². The molecule has 1 saturated heterocycles. The Kier molecular flexibility index (Phi) is 6.45. The van der Waals surface area contributed by atoms with Gasteiger partial charge in [0.15, 0.2) is 0 Å². The normalized spacial score (nSPS) is 17.3. The van der Waals surface area contributed by atoms with Crippen LogP contribution in [-0.4, -0.2) is 66.0 Å². The fourth-order valence-corrected chi connectivity index (χ4v) is 2.76. The molecule has 1 aromatic rings. The van der Waals surface area contributed by atoms with Crippen molar-refractivity contribution in [2.24, 2.45) is 5.92 Å². The molecule has 7 heteroatoms. The van der Waals surface area contributed by atoms with E-state index in [2.05, 4.69) is 5.32 Å². The second-order valence-corrected chi connectivity index (χ2v) is 6.29. The Bertz CT molecular complexity index is 567. The minimum Gasteiger partial charge on any atom is -0.508 e. The number of piperazine rings is 1. The summed E-state index contributed by atoms with van der Waals surface area (Å²) in [7, 11) is 0. The third-order valence-corrected chi connectivity index (χ3v) is 4.44. The summed E-state index contributed by atoms with van der Waals surface area (Å²) < 4.78 is 0. The number of halogens is 1. The van der Waals surface area contributed by atoms with Gasteiger partial charge in [0.05, 0.1) is 6.54 Å². The first-order valence-electron chi connectivity index (χ1n) is 8.20. The van der Waals surface area contributed by atoms with Gasteiger partial charge in [0, 0.05) is 31.7 Å². The first-order valence-corrected chi connectivity index (χ1v) is 8.20. The molecule has 2 aliphatic rings. The predicted octanol–water partition coefficient (Wildman–Crippen LogP) is 1.10. The van der Waals surface area contributed by atoms with E-state index in [9.17, 15) is 14.7 Å². The molecule has 3 rings (SSSR count). The standard InChI is InChI=1S/C17H23N3O3.ClH/c21-15-5-3-14(4-6-15)17(23)20-9-7-19(8-10-20)16(22)12-18-11-13-1-2-13;/h3-6,13,18,21H,1-2,7-12H2;1H. The minimum absolute atomic E-state index is 0. The van der Waals surface area contributed by atoms with Gasteiger partial charge in [0.2, 0.25) is 5.91 Å². The number of hydrogen-bond donors (Lipinski definition) is 2. The monoisotopic (exact) mass is 353 g/mol. The number of aromatic hydroxyl groups is 1. The molecular weight excluding hydrogens is 330 g/mol. The minimum atomic E-state index is -0.0519. The summed E-state index contributed by atoms with van der Waals surface area (Å²) >= 11 is 0. The Morgan fingerprint density at radius 3 is 2.21 bits per heavy atom. The molecule has 24 heavy (non-hydrogen) atoms. The Morgan fingerprint density at radius 1 is 1.04 bits per heavy atom. The molecule has 6 nitrogen and oxygen atoms in total. The van der Waals surface area contributed by atoms with Gasteiger partial charge in [-0.2, -0.15) is 0 Å². The molecule has 0 atom stereocenters. The molecule has 0 bridgehead atoms. The highest BCUT2D eigenvalue weighted by Gasteiger charge is 2.25. The number of phenols is 1. The fraction of sp³-hybridized carbons (Fsp3) is 0.529. The average Bonchev–Trinajstić information content (AvgIpc) is 3.39. The van der Waals surface area contributed by atoms with Gasteiger partial charge in [-0.1, -0.05) is 0 Å². The molecule has 2 N–H and O–H groups in total. The predicted molar refractivity (Wildman–Crippen MR) is 93.4 cm³/mol. The van der Waals surface area contributed by atoms with Crippen LogP contribution in [0.15, 0.2) is 24.3 Å². The SMILES string of the molecule is Cl.O=C(CNCC1CC1)N1CCN(C(=O)c2ccc(O)cc2)CC1. The van der Waals surface area contributed by atoms with E-state index in [4.69, 9.17) is 0 Å². The second kappa shape index (κ2) is 8.35. The lowest BCUT2D eigenvalue weighted by Crippen LogP contribution is -2.52. The van der Waals surface area contributed by atoms with Crippen LogP contribution in [0.25, 0.3) is 0 Å². The van der Waals surface area contributed by atoms with Crippen LogP contribution in [0, 0.1) is 5.92 Å². The van der Waals surface area contributed by atoms with Crippen molar-refractivity contribution in [2.75, 3.05) is 39.3 Å². The molecule has 0 radical (unpaired) electrons. The molecule has 1 aliphatic heterocycles. The van der Waals surface area contributed by atoms with E-state index in [0.29, 0.717) is 38.3 Å². The summed E-state index contributed by atoms with van der Waals surface area (Å²) in [6, 6.07) is 6.27. The zero-order valence-corrected chi connectivity index (χ0v) is 14.4. The maximum atomic E-state index is 12.4.